The molecule has 0 aliphatic carbocycles. The largest absolute Gasteiger partial charge is 0.486 e. The van der Waals surface area contributed by atoms with Gasteiger partial charge in [-0.1, -0.05) is 24.3 Å². The lowest BCUT2D eigenvalue weighted by molar-refractivity contribution is -0.121. The predicted molar refractivity (Wildman–Crippen MR) is 114 cm³/mol. The van der Waals surface area contributed by atoms with Gasteiger partial charge in [0.2, 0.25) is 5.91 Å². The summed E-state index contributed by atoms with van der Waals surface area (Å²) >= 11 is 0. The number of amides is 1. The lowest BCUT2D eigenvalue weighted by Crippen LogP contribution is -2.52. The van der Waals surface area contributed by atoms with Crippen LogP contribution in [0.3, 0.4) is 0 Å². The Morgan fingerprint density at radius 2 is 1.76 bits per heavy atom. The van der Waals surface area contributed by atoms with Gasteiger partial charge in [0.15, 0.2) is 11.5 Å². The Bertz CT molecular complexity index is 862. The van der Waals surface area contributed by atoms with Crippen molar-refractivity contribution in [1.82, 2.24) is 9.80 Å². The van der Waals surface area contributed by atoms with Crippen LogP contribution in [0.15, 0.2) is 42.5 Å². The molecule has 0 bridgehead atoms. The highest BCUT2D eigenvalue weighted by Crippen LogP contribution is 2.32. The van der Waals surface area contributed by atoms with Gasteiger partial charge in [-0.25, -0.2) is 0 Å². The van der Waals surface area contributed by atoms with Gasteiger partial charge in [0.1, 0.15) is 13.2 Å². The van der Waals surface area contributed by atoms with Crippen LogP contribution in [0, 0.1) is 6.92 Å². The summed E-state index contributed by atoms with van der Waals surface area (Å²) in [6.07, 6.45) is 0. The highest BCUT2D eigenvalue weighted by atomic mass is 16.6. The maximum absolute atomic E-state index is 12.8. The van der Waals surface area contributed by atoms with Crippen LogP contribution in [0.2, 0.25) is 0 Å². The molecule has 29 heavy (non-hydrogen) atoms. The van der Waals surface area contributed by atoms with Crippen molar-refractivity contribution in [2.75, 3.05) is 44.7 Å². The number of piperazine rings is 1. The second kappa shape index (κ2) is 8.84. The van der Waals surface area contributed by atoms with E-state index in [1.165, 1.54) is 11.1 Å². The Labute approximate surface area is 172 Å². The first-order chi connectivity index (χ1) is 14.1. The molecular weight excluding hydrogens is 366 g/mol. The third-order valence-corrected chi connectivity index (χ3v) is 5.80. The maximum Gasteiger partial charge on any atom is 0.241 e. The minimum absolute atomic E-state index is 0.00836. The molecular formula is C23H29N3O3. The highest BCUT2D eigenvalue weighted by Gasteiger charge is 2.26. The van der Waals surface area contributed by atoms with Crippen molar-refractivity contribution in [3.8, 4) is 11.5 Å². The summed E-state index contributed by atoms with van der Waals surface area (Å²) in [5, 5.41) is 3.02. The van der Waals surface area contributed by atoms with Crippen molar-refractivity contribution in [3.63, 3.8) is 0 Å². The van der Waals surface area contributed by atoms with Crippen molar-refractivity contribution in [1.29, 1.82) is 0 Å². The number of ether oxygens (including phenoxy) is 2. The number of fused-ring (bicyclic) bond motifs is 1. The molecule has 1 saturated heterocycles. The molecule has 6 heteroatoms. The molecule has 0 aromatic heterocycles. The van der Waals surface area contributed by atoms with Gasteiger partial charge in [0.05, 0.1) is 6.04 Å². The fourth-order valence-corrected chi connectivity index (χ4v) is 3.87. The van der Waals surface area contributed by atoms with Crippen molar-refractivity contribution in [3.05, 3.63) is 53.6 Å². The summed E-state index contributed by atoms with van der Waals surface area (Å²) in [6, 6.07) is 13.9. The fraction of sp³-hybridized carbons (Fsp3) is 0.435. The van der Waals surface area contributed by atoms with E-state index in [0.717, 1.165) is 44.2 Å². The molecule has 2 heterocycles. The fourth-order valence-electron chi connectivity index (χ4n) is 3.87. The van der Waals surface area contributed by atoms with Crippen LogP contribution in [0.5, 0.6) is 11.5 Å². The minimum Gasteiger partial charge on any atom is -0.486 e. The van der Waals surface area contributed by atoms with E-state index in [9.17, 15) is 4.79 Å². The Hall–Kier alpha value is -2.57. The summed E-state index contributed by atoms with van der Waals surface area (Å²) in [5.74, 6) is 1.42. The van der Waals surface area contributed by atoms with Gasteiger partial charge in [-0.15, -0.1) is 0 Å². The molecule has 2 aliphatic rings. The van der Waals surface area contributed by atoms with Crippen LogP contribution < -0.4 is 14.8 Å². The summed E-state index contributed by atoms with van der Waals surface area (Å²) in [4.78, 5) is 17.5. The van der Waals surface area contributed by atoms with Gasteiger partial charge in [0, 0.05) is 44.5 Å². The number of nitrogens with one attached hydrogen (secondary N) is 1. The average Bonchev–Trinajstić information content (AvgIpc) is 2.75. The molecule has 0 spiro atoms. The maximum atomic E-state index is 12.8. The second-order valence-corrected chi connectivity index (χ2v) is 7.76. The van der Waals surface area contributed by atoms with Gasteiger partial charge in [-0.3, -0.25) is 14.6 Å². The van der Waals surface area contributed by atoms with Gasteiger partial charge in [0.25, 0.3) is 0 Å². The number of rotatable bonds is 5. The predicted octanol–water partition coefficient (Wildman–Crippen LogP) is 2.91. The lowest BCUT2D eigenvalue weighted by atomic mass is 10.1. The number of aryl methyl sites for hydroxylation is 1. The van der Waals surface area contributed by atoms with E-state index in [0.29, 0.717) is 19.0 Å². The van der Waals surface area contributed by atoms with E-state index < -0.39 is 0 Å². The zero-order valence-electron chi connectivity index (χ0n) is 17.2. The first kappa shape index (κ1) is 19.7. The normalized spacial score (nSPS) is 18.3. The molecule has 4 rings (SSSR count). The average molecular weight is 396 g/mol. The van der Waals surface area contributed by atoms with Gasteiger partial charge in [-0.05, 0) is 37.1 Å². The molecule has 2 aromatic rings. The minimum atomic E-state index is -0.177. The number of hydrogen-bond acceptors (Lipinski definition) is 5. The first-order valence-electron chi connectivity index (χ1n) is 10.3. The molecule has 1 fully saturated rings. The number of carbonyl (C=O) groups is 1. The Morgan fingerprint density at radius 3 is 2.52 bits per heavy atom. The number of benzene rings is 2. The topological polar surface area (TPSA) is 54.0 Å². The monoisotopic (exact) mass is 395 g/mol. The van der Waals surface area contributed by atoms with E-state index in [1.807, 2.05) is 25.1 Å². The molecule has 1 atom stereocenters. The van der Waals surface area contributed by atoms with Crippen molar-refractivity contribution in [2.24, 2.45) is 0 Å². The zero-order chi connectivity index (χ0) is 20.2. The Kier molecular flexibility index (Phi) is 6.02. The number of hydrogen-bond donors (Lipinski definition) is 1. The van der Waals surface area contributed by atoms with Crippen LogP contribution in [0.4, 0.5) is 5.69 Å². The summed E-state index contributed by atoms with van der Waals surface area (Å²) < 4.78 is 11.1. The number of nitrogens with zero attached hydrogens (tertiary/aromatic N) is 2. The summed E-state index contributed by atoms with van der Waals surface area (Å²) in [5.41, 5.74) is 3.46. The molecule has 6 nitrogen and oxygen atoms in total. The number of carbonyl (C=O) groups excluding carboxylic acids is 1. The van der Waals surface area contributed by atoms with Crippen LogP contribution in [0.25, 0.3) is 0 Å². The van der Waals surface area contributed by atoms with Gasteiger partial charge in [-0.2, -0.15) is 0 Å². The van der Waals surface area contributed by atoms with Crippen LogP contribution in [0.1, 0.15) is 18.1 Å². The van der Waals surface area contributed by atoms with Crippen LogP contribution in [-0.4, -0.2) is 61.1 Å². The zero-order valence-corrected chi connectivity index (χ0v) is 17.2. The first-order valence-corrected chi connectivity index (χ1v) is 10.3. The SMILES string of the molecule is Cc1ccccc1CN1CCN([C@@H](C)C(=O)Nc2ccc3c(c2)OCCO3)CC1. The Balaban J connectivity index is 1.29. The van der Waals surface area contributed by atoms with E-state index >= 15 is 0 Å². The molecule has 154 valence electrons. The molecule has 2 aromatic carbocycles. The van der Waals surface area contributed by atoms with Crippen LogP contribution >= 0.6 is 0 Å². The molecule has 2 aliphatic heterocycles. The standard InChI is InChI=1S/C23H29N3O3/c1-17-5-3-4-6-19(17)16-25-9-11-26(12-10-25)18(2)23(27)24-20-7-8-21-22(15-20)29-14-13-28-21/h3-8,15,18H,9-14,16H2,1-2H3,(H,24,27)/t18-/m0/s1. The van der Waals surface area contributed by atoms with E-state index in [-0.39, 0.29) is 11.9 Å². The number of anilines is 1. The van der Waals surface area contributed by atoms with E-state index in [4.69, 9.17) is 9.47 Å². The summed E-state index contributed by atoms with van der Waals surface area (Å²) in [6.45, 7) is 9.92. The second-order valence-electron chi connectivity index (χ2n) is 7.76. The van der Waals surface area contributed by atoms with E-state index in [2.05, 4.69) is 46.3 Å². The third-order valence-electron chi connectivity index (χ3n) is 5.80. The highest BCUT2D eigenvalue weighted by molar-refractivity contribution is 5.94. The van der Waals surface area contributed by atoms with E-state index in [1.54, 1.807) is 0 Å². The quantitative estimate of drug-likeness (QED) is 0.844. The van der Waals surface area contributed by atoms with Crippen molar-refractivity contribution < 1.29 is 14.3 Å². The lowest BCUT2D eigenvalue weighted by Gasteiger charge is -2.37. The van der Waals surface area contributed by atoms with Gasteiger partial charge < -0.3 is 14.8 Å². The van der Waals surface area contributed by atoms with Crippen LogP contribution in [-0.2, 0) is 11.3 Å². The third kappa shape index (κ3) is 4.71. The smallest absolute Gasteiger partial charge is 0.241 e. The molecule has 0 saturated carbocycles. The summed E-state index contributed by atoms with van der Waals surface area (Å²) in [7, 11) is 0. The molecule has 0 radical (unpaired) electrons. The molecule has 0 unspecified atom stereocenters. The van der Waals surface area contributed by atoms with Crippen molar-refractivity contribution in [2.45, 2.75) is 26.4 Å². The van der Waals surface area contributed by atoms with Crippen molar-refractivity contribution >= 4 is 11.6 Å². The molecule has 1 N–H and O–H groups in total. The molecule has 1 amide bonds. The van der Waals surface area contributed by atoms with Gasteiger partial charge >= 0.3 is 0 Å². The Morgan fingerprint density at radius 1 is 1.03 bits per heavy atom.